The number of carbonyl (C=O) groups is 1. The summed E-state index contributed by atoms with van der Waals surface area (Å²) in [6.07, 6.45) is 2.61. The van der Waals surface area contributed by atoms with Crippen molar-refractivity contribution in [2.24, 2.45) is 0 Å². The normalized spacial score (nSPS) is 11.0. The molecule has 0 aliphatic carbocycles. The zero-order valence-electron chi connectivity index (χ0n) is 12.2. The van der Waals surface area contributed by atoms with Gasteiger partial charge in [0.2, 0.25) is 0 Å². The van der Waals surface area contributed by atoms with E-state index in [1.54, 1.807) is 35.0 Å². The van der Waals surface area contributed by atoms with Gasteiger partial charge in [-0.1, -0.05) is 11.6 Å². The van der Waals surface area contributed by atoms with Gasteiger partial charge in [0.05, 0.1) is 10.5 Å². The number of phenols is 1. The molecule has 2 aromatic heterocycles. The molecule has 2 aromatic carbocycles. The standard InChI is InChI=1S/C17H10ClN3O3/c18-13-8-12(2-4-15(13)23)16-19-17(20-24-16)21-6-5-11-7-10(9-22)1-3-14(11)21/h1-9,23H. The number of aldehydes is 1. The molecule has 0 radical (unpaired) electrons. The van der Waals surface area contributed by atoms with E-state index < -0.39 is 0 Å². The third-order valence-electron chi connectivity index (χ3n) is 3.68. The molecule has 4 rings (SSSR count). The van der Waals surface area contributed by atoms with Crippen molar-refractivity contribution in [2.75, 3.05) is 0 Å². The molecule has 0 fully saturated rings. The summed E-state index contributed by atoms with van der Waals surface area (Å²) in [7, 11) is 0. The van der Waals surface area contributed by atoms with Gasteiger partial charge in [-0.2, -0.15) is 4.98 Å². The highest BCUT2D eigenvalue weighted by atomic mass is 35.5. The average Bonchev–Trinajstić information content (AvgIpc) is 3.23. The maximum absolute atomic E-state index is 10.9. The lowest BCUT2D eigenvalue weighted by Crippen LogP contribution is -1.94. The van der Waals surface area contributed by atoms with Crippen LogP contribution < -0.4 is 0 Å². The molecule has 118 valence electrons. The van der Waals surface area contributed by atoms with E-state index in [9.17, 15) is 9.90 Å². The van der Waals surface area contributed by atoms with Crippen molar-refractivity contribution in [1.29, 1.82) is 0 Å². The summed E-state index contributed by atoms with van der Waals surface area (Å²) in [6, 6.07) is 11.9. The van der Waals surface area contributed by atoms with Gasteiger partial charge in [-0.15, -0.1) is 0 Å². The topological polar surface area (TPSA) is 81.2 Å². The Kier molecular flexibility index (Phi) is 3.32. The number of halogens is 1. The molecule has 0 aliphatic heterocycles. The van der Waals surface area contributed by atoms with Gasteiger partial charge in [0.25, 0.3) is 11.8 Å². The van der Waals surface area contributed by atoms with E-state index in [2.05, 4.69) is 10.1 Å². The van der Waals surface area contributed by atoms with Crippen molar-refractivity contribution in [2.45, 2.75) is 0 Å². The third kappa shape index (κ3) is 2.33. The maximum Gasteiger partial charge on any atom is 0.275 e. The summed E-state index contributed by atoms with van der Waals surface area (Å²) in [5.41, 5.74) is 2.07. The molecule has 0 atom stereocenters. The first-order valence-electron chi connectivity index (χ1n) is 7.05. The summed E-state index contributed by atoms with van der Waals surface area (Å²) in [5, 5.41) is 14.6. The predicted octanol–water partition coefficient (Wildman–Crippen LogP) is 3.85. The van der Waals surface area contributed by atoms with E-state index in [4.69, 9.17) is 16.1 Å². The van der Waals surface area contributed by atoms with Gasteiger partial charge >= 0.3 is 0 Å². The summed E-state index contributed by atoms with van der Waals surface area (Å²) in [5.74, 6) is 0.642. The Bertz CT molecular complexity index is 1070. The Morgan fingerprint density at radius 2 is 2.04 bits per heavy atom. The van der Waals surface area contributed by atoms with Crippen LogP contribution in [0.3, 0.4) is 0 Å². The van der Waals surface area contributed by atoms with Crippen molar-refractivity contribution in [3.05, 3.63) is 59.2 Å². The highest BCUT2D eigenvalue weighted by Crippen LogP contribution is 2.29. The lowest BCUT2D eigenvalue weighted by molar-refractivity contribution is 0.112. The van der Waals surface area contributed by atoms with Crippen molar-refractivity contribution in [3.8, 4) is 23.2 Å². The van der Waals surface area contributed by atoms with E-state index >= 15 is 0 Å². The number of phenolic OH excluding ortho intramolecular Hbond substituents is 1. The molecule has 6 nitrogen and oxygen atoms in total. The van der Waals surface area contributed by atoms with E-state index in [0.29, 0.717) is 23.0 Å². The first-order chi connectivity index (χ1) is 11.7. The van der Waals surface area contributed by atoms with Gasteiger partial charge in [0, 0.05) is 22.7 Å². The minimum atomic E-state index is -0.0115. The molecule has 0 bridgehead atoms. The van der Waals surface area contributed by atoms with Crippen LogP contribution in [0.5, 0.6) is 5.75 Å². The summed E-state index contributed by atoms with van der Waals surface area (Å²) in [4.78, 5) is 15.2. The van der Waals surface area contributed by atoms with Crippen LogP contribution in [-0.2, 0) is 0 Å². The molecular formula is C17H10ClN3O3. The molecule has 0 unspecified atom stereocenters. The lowest BCUT2D eigenvalue weighted by Gasteiger charge is -1.99. The number of hydrogen-bond acceptors (Lipinski definition) is 5. The number of rotatable bonds is 3. The van der Waals surface area contributed by atoms with Crippen molar-refractivity contribution in [1.82, 2.24) is 14.7 Å². The second-order valence-corrected chi connectivity index (χ2v) is 5.59. The Hall–Kier alpha value is -3.12. The Morgan fingerprint density at radius 3 is 2.83 bits per heavy atom. The van der Waals surface area contributed by atoms with Crippen LogP contribution in [0, 0.1) is 0 Å². The molecule has 7 heteroatoms. The molecule has 0 saturated heterocycles. The van der Waals surface area contributed by atoms with Crippen LogP contribution >= 0.6 is 11.6 Å². The number of aromatic nitrogens is 3. The Balaban J connectivity index is 1.77. The fourth-order valence-corrected chi connectivity index (χ4v) is 2.66. The zero-order valence-corrected chi connectivity index (χ0v) is 12.9. The fourth-order valence-electron chi connectivity index (χ4n) is 2.48. The average molecular weight is 340 g/mol. The third-order valence-corrected chi connectivity index (χ3v) is 3.98. The van der Waals surface area contributed by atoms with E-state index in [0.717, 1.165) is 17.2 Å². The maximum atomic E-state index is 10.9. The first kappa shape index (κ1) is 14.5. The largest absolute Gasteiger partial charge is 0.506 e. The molecule has 0 aliphatic rings. The van der Waals surface area contributed by atoms with Crippen molar-refractivity contribution >= 4 is 28.8 Å². The van der Waals surface area contributed by atoms with Crippen LogP contribution in [0.4, 0.5) is 0 Å². The van der Waals surface area contributed by atoms with E-state index in [-0.39, 0.29) is 10.8 Å². The van der Waals surface area contributed by atoms with Gasteiger partial charge in [0.15, 0.2) is 0 Å². The smallest absolute Gasteiger partial charge is 0.275 e. The molecule has 2 heterocycles. The number of benzene rings is 2. The first-order valence-corrected chi connectivity index (χ1v) is 7.43. The minimum absolute atomic E-state index is 0.0115. The predicted molar refractivity (Wildman–Crippen MR) is 88.6 cm³/mol. The SMILES string of the molecule is O=Cc1ccc2c(ccn2-c2noc(-c3ccc(O)c(Cl)c3)n2)c1. The lowest BCUT2D eigenvalue weighted by atomic mass is 10.2. The molecular weight excluding hydrogens is 330 g/mol. The van der Waals surface area contributed by atoms with Crippen molar-refractivity contribution < 1.29 is 14.4 Å². The second kappa shape index (κ2) is 5.50. The second-order valence-electron chi connectivity index (χ2n) is 5.19. The van der Waals surface area contributed by atoms with Gasteiger partial charge < -0.3 is 9.63 Å². The fraction of sp³-hybridized carbons (Fsp3) is 0. The zero-order chi connectivity index (χ0) is 16.7. The molecule has 24 heavy (non-hydrogen) atoms. The number of fused-ring (bicyclic) bond motifs is 1. The van der Waals surface area contributed by atoms with E-state index in [1.807, 2.05) is 12.1 Å². The van der Waals surface area contributed by atoms with Crippen LogP contribution in [0.15, 0.2) is 53.2 Å². The van der Waals surface area contributed by atoms with Crippen LogP contribution in [-0.4, -0.2) is 26.1 Å². The quantitative estimate of drug-likeness (QED) is 0.573. The monoisotopic (exact) mass is 339 g/mol. The highest BCUT2D eigenvalue weighted by Gasteiger charge is 2.13. The molecule has 0 saturated carbocycles. The van der Waals surface area contributed by atoms with Crippen molar-refractivity contribution in [3.63, 3.8) is 0 Å². The molecule has 4 aromatic rings. The summed E-state index contributed by atoms with van der Waals surface area (Å²) >= 11 is 5.90. The van der Waals surface area contributed by atoms with Gasteiger partial charge in [0.1, 0.15) is 12.0 Å². The van der Waals surface area contributed by atoms with E-state index in [1.165, 1.54) is 6.07 Å². The number of hydrogen-bond donors (Lipinski definition) is 1. The number of aromatic hydroxyl groups is 1. The Labute approximate surface area is 140 Å². The number of carbonyl (C=O) groups excluding carboxylic acids is 1. The molecule has 1 N–H and O–H groups in total. The van der Waals surface area contributed by atoms with Gasteiger partial charge in [-0.25, -0.2) is 0 Å². The molecule has 0 amide bonds. The Morgan fingerprint density at radius 1 is 1.17 bits per heavy atom. The molecule has 0 spiro atoms. The summed E-state index contributed by atoms with van der Waals surface area (Å²) in [6.45, 7) is 0. The van der Waals surface area contributed by atoms with Crippen LogP contribution in [0.25, 0.3) is 28.3 Å². The van der Waals surface area contributed by atoms with Crippen LogP contribution in [0.2, 0.25) is 5.02 Å². The highest BCUT2D eigenvalue weighted by molar-refractivity contribution is 6.32. The minimum Gasteiger partial charge on any atom is -0.506 e. The van der Waals surface area contributed by atoms with Gasteiger partial charge in [-0.3, -0.25) is 9.36 Å². The summed E-state index contributed by atoms with van der Waals surface area (Å²) < 4.78 is 7.05. The van der Waals surface area contributed by atoms with Gasteiger partial charge in [-0.05, 0) is 47.6 Å². The van der Waals surface area contributed by atoms with Crippen LogP contribution in [0.1, 0.15) is 10.4 Å². The number of nitrogens with zero attached hydrogens (tertiary/aromatic N) is 3.